The quantitative estimate of drug-likeness (QED) is 0.0880. The molecule has 0 bridgehead atoms. The van der Waals surface area contributed by atoms with Crippen molar-refractivity contribution < 1.29 is 43.2 Å². The fourth-order valence-corrected chi connectivity index (χ4v) is 8.57. The van der Waals surface area contributed by atoms with Crippen molar-refractivity contribution in [1.29, 1.82) is 0 Å². The number of esters is 1. The summed E-state index contributed by atoms with van der Waals surface area (Å²) in [6, 6.07) is 0.570. The van der Waals surface area contributed by atoms with E-state index in [0.717, 1.165) is 57.4 Å². The number of amides is 3. The summed E-state index contributed by atoms with van der Waals surface area (Å²) in [7, 11) is 0. The molecule has 0 aromatic rings. The van der Waals surface area contributed by atoms with Crippen molar-refractivity contribution >= 4 is 24.2 Å². The number of likely N-dealkylation sites (tertiary alicyclic amines) is 2. The third kappa shape index (κ3) is 13.5. The van der Waals surface area contributed by atoms with E-state index in [9.17, 15) is 24.3 Å². The second kappa shape index (κ2) is 20.9. The van der Waals surface area contributed by atoms with E-state index >= 15 is 0 Å². The third-order valence-electron chi connectivity index (χ3n) is 12.4. The van der Waals surface area contributed by atoms with Crippen LogP contribution in [0.4, 0.5) is 14.4 Å². The number of allylic oxidation sites excluding steroid dienone is 2. The van der Waals surface area contributed by atoms with Gasteiger partial charge in [0.1, 0.15) is 24.4 Å². The minimum absolute atomic E-state index is 0.112. The second-order valence-corrected chi connectivity index (χ2v) is 17.9. The summed E-state index contributed by atoms with van der Waals surface area (Å²) < 4.78 is 23.8. The lowest BCUT2D eigenvalue weighted by molar-refractivity contribution is -0.151. The van der Waals surface area contributed by atoms with Crippen LogP contribution in [0.15, 0.2) is 36.0 Å². The molecule has 4 heterocycles. The number of carbonyl (C=O) groups is 4. The van der Waals surface area contributed by atoms with Gasteiger partial charge in [-0.25, -0.2) is 14.4 Å². The zero-order valence-electron chi connectivity index (χ0n) is 35.3. The number of aliphatic hydroxyl groups is 1. The molecule has 5 aliphatic rings. The van der Waals surface area contributed by atoms with E-state index in [2.05, 4.69) is 4.90 Å². The monoisotopic (exact) mass is 799 g/mol. The molecule has 320 valence electrons. The molecule has 1 saturated carbocycles. The van der Waals surface area contributed by atoms with Crippen LogP contribution in [-0.4, -0.2) is 138 Å². The van der Waals surface area contributed by atoms with E-state index in [1.807, 2.05) is 52.0 Å². The molecule has 57 heavy (non-hydrogen) atoms. The first-order valence-electron chi connectivity index (χ1n) is 21.7. The van der Waals surface area contributed by atoms with Crippen LogP contribution in [0.3, 0.4) is 0 Å². The average Bonchev–Trinajstić information content (AvgIpc) is 3.87. The van der Waals surface area contributed by atoms with Gasteiger partial charge in [0, 0.05) is 69.7 Å². The lowest BCUT2D eigenvalue weighted by Gasteiger charge is -2.40. The maximum absolute atomic E-state index is 13.7. The lowest BCUT2D eigenvalue weighted by Crippen LogP contribution is -2.53. The Hall–Kier alpha value is -3.58. The molecule has 4 aliphatic heterocycles. The SMILES string of the molecule is C/C(=C\C=C\C(C)(C)COC(=O)N1CCCC1)[C@H]1OC(=O)C[C@@H](OC(=O)N2CCCC2)CC[C@@](C)(O)C(OC(=O)N2CCN(C3CCCCCC3)CC2)/C=C/[C@@H]1C. The molecule has 1 aliphatic carbocycles. The van der Waals surface area contributed by atoms with Gasteiger partial charge < -0.3 is 38.8 Å². The molecular weight excluding hydrogens is 729 g/mol. The highest BCUT2D eigenvalue weighted by Crippen LogP contribution is 2.30. The van der Waals surface area contributed by atoms with Crippen molar-refractivity contribution in [3.05, 3.63) is 36.0 Å². The molecule has 13 nitrogen and oxygen atoms in total. The summed E-state index contributed by atoms with van der Waals surface area (Å²) in [5, 5.41) is 12.0. The Labute approximate surface area is 340 Å². The summed E-state index contributed by atoms with van der Waals surface area (Å²) in [5.74, 6) is -0.894. The summed E-state index contributed by atoms with van der Waals surface area (Å²) in [5.41, 5.74) is -1.21. The van der Waals surface area contributed by atoms with Crippen molar-refractivity contribution in [2.75, 3.05) is 59.0 Å². The van der Waals surface area contributed by atoms with Crippen LogP contribution < -0.4 is 0 Å². The number of carbonyl (C=O) groups excluding carboxylic acids is 4. The molecule has 0 spiro atoms. The van der Waals surface area contributed by atoms with E-state index in [4.69, 9.17) is 18.9 Å². The average molecular weight is 799 g/mol. The largest absolute Gasteiger partial charge is 0.457 e. The van der Waals surface area contributed by atoms with Gasteiger partial charge in [-0.1, -0.05) is 70.8 Å². The van der Waals surface area contributed by atoms with Gasteiger partial charge in [0.2, 0.25) is 0 Å². The van der Waals surface area contributed by atoms with Crippen LogP contribution in [0.5, 0.6) is 0 Å². The van der Waals surface area contributed by atoms with E-state index in [0.29, 0.717) is 32.2 Å². The van der Waals surface area contributed by atoms with Crippen molar-refractivity contribution in [2.45, 2.75) is 148 Å². The highest BCUT2D eigenvalue weighted by atomic mass is 16.6. The third-order valence-corrected chi connectivity index (χ3v) is 12.4. The minimum Gasteiger partial charge on any atom is -0.457 e. The van der Waals surface area contributed by atoms with Crippen molar-refractivity contribution in [2.24, 2.45) is 11.3 Å². The first-order valence-corrected chi connectivity index (χ1v) is 21.7. The molecule has 3 saturated heterocycles. The summed E-state index contributed by atoms with van der Waals surface area (Å²) in [6.45, 7) is 15.0. The van der Waals surface area contributed by atoms with Crippen LogP contribution in [-0.2, 0) is 23.7 Å². The lowest BCUT2D eigenvalue weighted by atomic mass is 9.88. The van der Waals surface area contributed by atoms with Crippen LogP contribution in [0.25, 0.3) is 0 Å². The second-order valence-electron chi connectivity index (χ2n) is 17.9. The predicted molar refractivity (Wildman–Crippen MR) is 217 cm³/mol. The van der Waals surface area contributed by atoms with Gasteiger partial charge in [-0.3, -0.25) is 9.69 Å². The van der Waals surface area contributed by atoms with Crippen LogP contribution in [0.2, 0.25) is 0 Å². The minimum atomic E-state index is -1.53. The number of nitrogens with zero attached hydrogens (tertiary/aromatic N) is 4. The Balaban J connectivity index is 1.30. The standard InChI is InChI=1S/C44H70N4O9/c1-33(15-14-21-43(3,4)32-54-40(50)46-23-10-11-24-46)39-34(2)18-19-37(56-42(52)48-29-27-45(28-30-48)35-16-8-6-7-9-17-35)44(5,53)22-20-36(31-38(49)57-39)55-41(51)47-25-12-13-26-47/h14-15,18-19,21,34-37,39,53H,6-13,16-17,20,22-32H2,1-5H3/b19-18+,21-14+,33-15+/t34-,36-,37?,39+,44+/m0/s1. The predicted octanol–water partition coefficient (Wildman–Crippen LogP) is 7.23. The molecule has 4 fully saturated rings. The number of piperazine rings is 1. The molecule has 5 atom stereocenters. The fraction of sp³-hybridized carbons (Fsp3) is 0.773. The summed E-state index contributed by atoms with van der Waals surface area (Å²) in [6.07, 6.45) is 16.9. The maximum atomic E-state index is 13.7. The van der Waals surface area contributed by atoms with Crippen molar-refractivity contribution in [3.63, 3.8) is 0 Å². The van der Waals surface area contributed by atoms with Gasteiger partial charge in [0.25, 0.3) is 0 Å². The first kappa shape index (κ1) is 44.5. The Bertz CT molecular complexity index is 1430. The molecule has 0 aromatic carbocycles. The Morgan fingerprint density at radius 1 is 0.825 bits per heavy atom. The highest BCUT2D eigenvalue weighted by Gasteiger charge is 2.38. The number of hydrogen-bond donors (Lipinski definition) is 1. The molecule has 1 N–H and O–H groups in total. The van der Waals surface area contributed by atoms with E-state index in [1.165, 1.54) is 38.5 Å². The van der Waals surface area contributed by atoms with Crippen molar-refractivity contribution in [1.82, 2.24) is 19.6 Å². The molecular formula is C44H70N4O9. The van der Waals surface area contributed by atoms with Gasteiger partial charge in [-0.15, -0.1) is 0 Å². The normalized spacial score (nSPS) is 30.0. The molecule has 3 amide bonds. The van der Waals surface area contributed by atoms with Crippen LogP contribution >= 0.6 is 0 Å². The molecule has 5 rings (SSSR count). The van der Waals surface area contributed by atoms with Gasteiger partial charge in [-0.05, 0) is 76.9 Å². The zero-order chi connectivity index (χ0) is 41.0. The highest BCUT2D eigenvalue weighted by molar-refractivity contribution is 5.72. The van der Waals surface area contributed by atoms with E-state index in [1.54, 1.807) is 27.7 Å². The Morgan fingerprint density at radius 2 is 1.40 bits per heavy atom. The number of hydrogen-bond acceptors (Lipinski definition) is 10. The molecule has 1 unspecified atom stereocenters. The van der Waals surface area contributed by atoms with E-state index in [-0.39, 0.29) is 37.9 Å². The number of cyclic esters (lactones) is 1. The summed E-state index contributed by atoms with van der Waals surface area (Å²) in [4.78, 5) is 60.5. The zero-order valence-corrected chi connectivity index (χ0v) is 35.3. The smallest absolute Gasteiger partial charge is 0.410 e. The van der Waals surface area contributed by atoms with Crippen LogP contribution in [0.1, 0.15) is 118 Å². The topological polar surface area (TPSA) is 138 Å². The molecule has 0 radical (unpaired) electrons. The fourth-order valence-electron chi connectivity index (χ4n) is 8.57. The van der Waals surface area contributed by atoms with Crippen LogP contribution in [0, 0.1) is 11.3 Å². The Morgan fingerprint density at radius 3 is 2.04 bits per heavy atom. The maximum Gasteiger partial charge on any atom is 0.410 e. The molecule has 0 aromatic heterocycles. The van der Waals surface area contributed by atoms with Gasteiger partial charge in [0.05, 0.1) is 6.42 Å². The van der Waals surface area contributed by atoms with Gasteiger partial charge >= 0.3 is 24.2 Å². The van der Waals surface area contributed by atoms with Gasteiger partial charge in [0.15, 0.2) is 6.10 Å². The molecule has 13 heteroatoms. The van der Waals surface area contributed by atoms with E-state index < -0.39 is 47.5 Å². The van der Waals surface area contributed by atoms with Crippen molar-refractivity contribution in [3.8, 4) is 0 Å². The number of ether oxygens (including phenoxy) is 4. The van der Waals surface area contributed by atoms with Gasteiger partial charge in [-0.2, -0.15) is 0 Å². The Kier molecular flexibility index (Phi) is 16.3. The number of rotatable bonds is 8. The first-order chi connectivity index (χ1) is 27.2. The summed E-state index contributed by atoms with van der Waals surface area (Å²) >= 11 is 0.